The van der Waals surface area contributed by atoms with Gasteiger partial charge < -0.3 is 15.4 Å². The molecular formula is C29H35N5O4S. The van der Waals surface area contributed by atoms with E-state index in [1.165, 1.54) is 23.9 Å². The second-order valence-electron chi connectivity index (χ2n) is 11.2. The first-order valence-electron chi connectivity index (χ1n) is 13.3. The second kappa shape index (κ2) is 10.6. The van der Waals surface area contributed by atoms with Crippen LogP contribution in [0.1, 0.15) is 49.5 Å². The fourth-order valence-electron chi connectivity index (χ4n) is 5.83. The molecule has 1 amide bonds. The maximum Gasteiger partial charge on any atom is 0.253 e. The van der Waals surface area contributed by atoms with Gasteiger partial charge in [0.2, 0.25) is 15.7 Å². The molecule has 2 aliphatic heterocycles. The van der Waals surface area contributed by atoms with Crippen molar-refractivity contribution in [2.24, 2.45) is 11.7 Å². The maximum absolute atomic E-state index is 13.8. The summed E-state index contributed by atoms with van der Waals surface area (Å²) in [5.74, 6) is 0.0308. The standard InChI is InChI=1S/C29H35N5O4S/c1-20-16-29(2,3)34(17-20)28-26(27(30)35)23(12-14-31-28)39(36,37)25-11-7-10-24(32-25)38-22-13-15-33(19-22)18-21-8-5-4-6-9-21/h4-12,14,20,22H,13,15-19H2,1-3H3,(H2,30,35)/t20?,22-/m0/s1. The third-order valence-electron chi connectivity index (χ3n) is 7.50. The van der Waals surface area contributed by atoms with Crippen molar-refractivity contribution in [3.63, 3.8) is 0 Å². The number of hydrogen-bond acceptors (Lipinski definition) is 8. The van der Waals surface area contributed by atoms with Gasteiger partial charge in [-0.3, -0.25) is 9.69 Å². The first-order chi connectivity index (χ1) is 18.5. The van der Waals surface area contributed by atoms with E-state index < -0.39 is 15.7 Å². The highest BCUT2D eigenvalue weighted by Crippen LogP contribution is 2.39. The molecule has 2 fully saturated rings. The van der Waals surface area contributed by atoms with Crippen LogP contribution < -0.4 is 15.4 Å². The van der Waals surface area contributed by atoms with Crippen molar-refractivity contribution in [3.8, 4) is 5.88 Å². The number of primary amides is 1. The van der Waals surface area contributed by atoms with Gasteiger partial charge in [-0.25, -0.2) is 18.4 Å². The third-order valence-corrected chi connectivity index (χ3v) is 9.19. The zero-order valence-corrected chi connectivity index (χ0v) is 23.4. The Morgan fingerprint density at radius 2 is 1.87 bits per heavy atom. The molecular weight excluding hydrogens is 514 g/mol. The Bertz CT molecular complexity index is 1460. The Morgan fingerprint density at radius 1 is 1.10 bits per heavy atom. The van der Waals surface area contributed by atoms with Crippen LogP contribution in [0.15, 0.2) is 70.7 Å². The average molecular weight is 550 g/mol. The van der Waals surface area contributed by atoms with E-state index in [4.69, 9.17) is 10.5 Å². The van der Waals surface area contributed by atoms with Crippen molar-refractivity contribution in [3.05, 3.63) is 71.9 Å². The monoisotopic (exact) mass is 549 g/mol. The summed E-state index contributed by atoms with van der Waals surface area (Å²) in [7, 11) is -4.19. The number of likely N-dealkylation sites (tertiary alicyclic amines) is 1. The van der Waals surface area contributed by atoms with Gasteiger partial charge in [0, 0.05) is 44.0 Å². The quantitative estimate of drug-likeness (QED) is 0.452. The molecule has 2 aliphatic rings. The van der Waals surface area contributed by atoms with Gasteiger partial charge in [0.1, 0.15) is 17.5 Å². The van der Waals surface area contributed by atoms with Crippen molar-refractivity contribution in [1.82, 2.24) is 14.9 Å². The highest BCUT2D eigenvalue weighted by atomic mass is 32.2. The van der Waals surface area contributed by atoms with E-state index in [0.29, 0.717) is 12.5 Å². The zero-order chi connectivity index (χ0) is 27.8. The van der Waals surface area contributed by atoms with Crippen LogP contribution in [-0.4, -0.2) is 60.5 Å². The number of rotatable bonds is 8. The van der Waals surface area contributed by atoms with E-state index in [1.54, 1.807) is 12.1 Å². The van der Waals surface area contributed by atoms with Crippen LogP contribution in [0.2, 0.25) is 0 Å². The molecule has 2 N–H and O–H groups in total. The molecule has 3 aromatic rings. The Labute approximate surface area is 229 Å². The summed E-state index contributed by atoms with van der Waals surface area (Å²) in [6.45, 7) is 9.30. The molecule has 0 saturated carbocycles. The largest absolute Gasteiger partial charge is 0.473 e. The molecule has 10 heteroatoms. The topological polar surface area (TPSA) is 119 Å². The van der Waals surface area contributed by atoms with E-state index in [1.807, 2.05) is 23.1 Å². The van der Waals surface area contributed by atoms with E-state index in [9.17, 15) is 13.2 Å². The number of hydrogen-bond donors (Lipinski definition) is 1. The number of ether oxygens (including phenoxy) is 1. The molecule has 206 valence electrons. The zero-order valence-electron chi connectivity index (χ0n) is 22.6. The number of benzene rings is 1. The summed E-state index contributed by atoms with van der Waals surface area (Å²) in [5, 5.41) is -0.201. The first-order valence-corrected chi connectivity index (χ1v) is 14.7. The molecule has 0 radical (unpaired) electrons. The number of aromatic nitrogens is 2. The predicted molar refractivity (Wildman–Crippen MR) is 148 cm³/mol. The molecule has 0 bridgehead atoms. The molecule has 5 rings (SSSR count). The maximum atomic E-state index is 13.8. The van der Waals surface area contributed by atoms with Crippen LogP contribution in [0.5, 0.6) is 5.88 Å². The van der Waals surface area contributed by atoms with Gasteiger partial charge in [0.05, 0.1) is 4.90 Å². The van der Waals surface area contributed by atoms with Crippen LogP contribution >= 0.6 is 0 Å². The Kier molecular flexibility index (Phi) is 7.35. The molecule has 2 aromatic heterocycles. The van der Waals surface area contributed by atoms with Crippen molar-refractivity contribution < 1.29 is 17.9 Å². The van der Waals surface area contributed by atoms with Gasteiger partial charge in [-0.2, -0.15) is 0 Å². The highest BCUT2D eigenvalue weighted by Gasteiger charge is 2.40. The lowest BCUT2D eigenvalue weighted by atomic mass is 9.97. The third kappa shape index (κ3) is 5.62. The lowest BCUT2D eigenvalue weighted by molar-refractivity contribution is 0.0997. The lowest BCUT2D eigenvalue weighted by Crippen LogP contribution is -2.40. The molecule has 9 nitrogen and oxygen atoms in total. The van der Waals surface area contributed by atoms with Crippen molar-refractivity contribution in [2.45, 2.75) is 61.7 Å². The summed E-state index contributed by atoms with van der Waals surface area (Å²) in [4.78, 5) is 25.5. The van der Waals surface area contributed by atoms with Crippen LogP contribution in [0.3, 0.4) is 0 Å². The summed E-state index contributed by atoms with van der Waals surface area (Å²) in [6.07, 6.45) is 3.00. The number of sulfone groups is 1. The van der Waals surface area contributed by atoms with E-state index >= 15 is 0 Å². The number of anilines is 1. The number of carbonyl (C=O) groups is 1. The number of amides is 1. The molecule has 2 atom stereocenters. The van der Waals surface area contributed by atoms with E-state index in [0.717, 1.165) is 32.5 Å². The fourth-order valence-corrected chi connectivity index (χ4v) is 7.22. The molecule has 0 aliphatic carbocycles. The van der Waals surface area contributed by atoms with Crippen molar-refractivity contribution in [2.75, 3.05) is 24.5 Å². The smallest absolute Gasteiger partial charge is 0.253 e. The Morgan fingerprint density at radius 3 is 2.56 bits per heavy atom. The van der Waals surface area contributed by atoms with E-state index in [2.05, 4.69) is 47.8 Å². The fraction of sp³-hybridized carbons (Fsp3) is 0.414. The highest BCUT2D eigenvalue weighted by molar-refractivity contribution is 7.91. The Balaban J connectivity index is 1.39. The Hall–Kier alpha value is -3.50. The van der Waals surface area contributed by atoms with Crippen molar-refractivity contribution >= 4 is 21.6 Å². The van der Waals surface area contributed by atoms with Crippen LogP contribution in [0.4, 0.5) is 5.82 Å². The normalized spacial score (nSPS) is 21.3. The van der Waals surface area contributed by atoms with E-state index in [-0.39, 0.29) is 38.8 Å². The van der Waals surface area contributed by atoms with Crippen molar-refractivity contribution in [1.29, 1.82) is 0 Å². The summed E-state index contributed by atoms with van der Waals surface area (Å²) < 4.78 is 33.7. The predicted octanol–water partition coefficient (Wildman–Crippen LogP) is 3.69. The number of nitrogens with two attached hydrogens (primary N) is 1. The summed E-state index contributed by atoms with van der Waals surface area (Å²) >= 11 is 0. The molecule has 2 saturated heterocycles. The van der Waals surface area contributed by atoms with Crippen LogP contribution in [-0.2, 0) is 16.4 Å². The minimum atomic E-state index is -4.19. The van der Waals surface area contributed by atoms with Crippen LogP contribution in [0.25, 0.3) is 0 Å². The lowest BCUT2D eigenvalue weighted by Gasteiger charge is -2.33. The average Bonchev–Trinajstić information content (AvgIpc) is 3.45. The number of carbonyl (C=O) groups excluding carboxylic acids is 1. The minimum Gasteiger partial charge on any atom is -0.473 e. The second-order valence-corrected chi connectivity index (χ2v) is 13.0. The molecule has 0 spiro atoms. The summed E-state index contributed by atoms with van der Waals surface area (Å²) in [5.41, 5.74) is 6.59. The molecule has 4 heterocycles. The van der Waals surface area contributed by atoms with Gasteiger partial charge in [-0.15, -0.1) is 0 Å². The molecule has 1 unspecified atom stereocenters. The molecule has 39 heavy (non-hydrogen) atoms. The van der Waals surface area contributed by atoms with Crippen LogP contribution in [0, 0.1) is 5.92 Å². The summed E-state index contributed by atoms with van der Waals surface area (Å²) in [6, 6.07) is 16.2. The number of nitrogens with zero attached hydrogens (tertiary/aromatic N) is 4. The molecule has 1 aromatic carbocycles. The van der Waals surface area contributed by atoms with Gasteiger partial charge in [-0.05, 0) is 50.3 Å². The van der Waals surface area contributed by atoms with Gasteiger partial charge in [-0.1, -0.05) is 43.3 Å². The number of pyridine rings is 2. The first kappa shape index (κ1) is 27.1. The van der Waals surface area contributed by atoms with Gasteiger partial charge in [0.25, 0.3) is 5.91 Å². The van der Waals surface area contributed by atoms with Gasteiger partial charge >= 0.3 is 0 Å². The SMILES string of the molecule is CC1CN(c2nccc(S(=O)(=O)c3cccc(O[C@H]4CCN(Cc5ccccc5)C4)n3)c2C(N)=O)C(C)(C)C1. The van der Waals surface area contributed by atoms with Gasteiger partial charge in [0.15, 0.2) is 5.03 Å². The minimum absolute atomic E-state index is 0.104.